The number of aromatic nitrogens is 2. The number of carbonyl (C=O) groups is 1. The minimum absolute atomic E-state index is 0.105. The van der Waals surface area contributed by atoms with Gasteiger partial charge in [-0.2, -0.15) is 0 Å². The molecule has 0 aliphatic carbocycles. The molecule has 1 unspecified atom stereocenters. The van der Waals surface area contributed by atoms with Crippen molar-refractivity contribution in [2.75, 3.05) is 25.5 Å². The van der Waals surface area contributed by atoms with Gasteiger partial charge in [0, 0.05) is 52.7 Å². The predicted octanol–water partition coefficient (Wildman–Crippen LogP) is 6.26. The summed E-state index contributed by atoms with van der Waals surface area (Å²) in [6, 6.07) is 14.1. The molecule has 0 spiro atoms. The second kappa shape index (κ2) is 11.2. The Kier molecular flexibility index (Phi) is 7.42. The van der Waals surface area contributed by atoms with Crippen molar-refractivity contribution in [2.45, 2.75) is 19.0 Å². The molecule has 2 N–H and O–H groups in total. The highest BCUT2D eigenvalue weighted by Gasteiger charge is 2.28. The number of halogens is 4. The summed E-state index contributed by atoms with van der Waals surface area (Å²) in [6.45, 7) is 1.37. The summed E-state index contributed by atoms with van der Waals surface area (Å²) < 4.78 is 29.6. The number of fused-ring (bicyclic) bond motifs is 3. The van der Waals surface area contributed by atoms with Gasteiger partial charge in [-0.15, -0.1) is 0 Å². The molecule has 1 saturated heterocycles. The van der Waals surface area contributed by atoms with Crippen molar-refractivity contribution in [2.24, 2.45) is 4.99 Å². The molecule has 208 valence electrons. The Bertz CT molecular complexity index is 1690. The highest BCUT2D eigenvalue weighted by molar-refractivity contribution is 6.34. The molecule has 2 aliphatic rings. The standard InChI is InChI=1S/C30H24Cl2F2N6O/c1-35-19-9-10-40(15-19)29(41)22-12-18(6-8-23(22)32)38-30-37-14-16-13-36-28(26-24(33)3-2-4-25(26)34)21-11-17(31)5-7-20(21)27(16)39-30/h2-8,11-12,14,19,35H,9-10,13,15H2,1H3,(H,37,38,39). The van der Waals surface area contributed by atoms with E-state index in [9.17, 15) is 13.6 Å². The van der Waals surface area contributed by atoms with Crippen molar-refractivity contribution in [1.29, 1.82) is 0 Å². The summed E-state index contributed by atoms with van der Waals surface area (Å²) >= 11 is 12.7. The zero-order valence-electron chi connectivity index (χ0n) is 21.9. The van der Waals surface area contributed by atoms with Crippen molar-refractivity contribution in [1.82, 2.24) is 20.2 Å². The van der Waals surface area contributed by atoms with Crippen LogP contribution in [0.25, 0.3) is 11.3 Å². The number of likely N-dealkylation sites (tertiary alicyclic amines) is 1. The van der Waals surface area contributed by atoms with Gasteiger partial charge in [-0.3, -0.25) is 9.79 Å². The molecule has 4 aromatic rings. The first-order valence-electron chi connectivity index (χ1n) is 13.0. The van der Waals surface area contributed by atoms with Gasteiger partial charge in [-0.05, 0) is 55.9 Å². The van der Waals surface area contributed by atoms with E-state index in [2.05, 4.69) is 20.6 Å². The van der Waals surface area contributed by atoms with Gasteiger partial charge in [0.05, 0.1) is 34.1 Å². The summed E-state index contributed by atoms with van der Waals surface area (Å²) in [4.78, 5) is 28.7. The lowest BCUT2D eigenvalue weighted by molar-refractivity contribution is 0.0790. The van der Waals surface area contributed by atoms with E-state index in [0.717, 1.165) is 6.42 Å². The van der Waals surface area contributed by atoms with Gasteiger partial charge in [-0.1, -0.05) is 35.3 Å². The van der Waals surface area contributed by atoms with Gasteiger partial charge in [-0.25, -0.2) is 18.7 Å². The fourth-order valence-electron chi connectivity index (χ4n) is 5.17. The quantitative estimate of drug-likeness (QED) is 0.286. The van der Waals surface area contributed by atoms with E-state index in [1.54, 1.807) is 47.5 Å². The molecule has 0 bridgehead atoms. The third-order valence-electron chi connectivity index (χ3n) is 7.30. The number of nitrogens with one attached hydrogen (secondary N) is 2. The Labute approximate surface area is 245 Å². The maximum Gasteiger partial charge on any atom is 0.255 e. The number of amides is 1. The van der Waals surface area contributed by atoms with Crippen LogP contribution < -0.4 is 10.6 Å². The molecule has 41 heavy (non-hydrogen) atoms. The lowest BCUT2D eigenvalue weighted by Gasteiger charge is -2.18. The normalized spacial score (nSPS) is 16.1. The van der Waals surface area contributed by atoms with E-state index in [1.807, 2.05) is 7.05 Å². The number of likely N-dealkylation sites (N-methyl/N-ethyl adjacent to an activating group) is 1. The fourth-order valence-corrected chi connectivity index (χ4v) is 5.54. The molecule has 1 fully saturated rings. The number of hydrogen-bond acceptors (Lipinski definition) is 6. The third kappa shape index (κ3) is 5.28. The van der Waals surface area contributed by atoms with Crippen LogP contribution >= 0.6 is 23.2 Å². The molecular weight excluding hydrogens is 569 g/mol. The smallest absolute Gasteiger partial charge is 0.255 e. The van der Waals surface area contributed by atoms with Gasteiger partial charge >= 0.3 is 0 Å². The van der Waals surface area contributed by atoms with Crippen molar-refractivity contribution < 1.29 is 13.6 Å². The summed E-state index contributed by atoms with van der Waals surface area (Å²) in [5, 5.41) is 7.11. The molecule has 1 amide bonds. The van der Waals surface area contributed by atoms with E-state index in [4.69, 9.17) is 28.2 Å². The lowest BCUT2D eigenvalue weighted by Crippen LogP contribution is -2.33. The number of benzene rings is 3. The van der Waals surface area contributed by atoms with Gasteiger partial charge < -0.3 is 15.5 Å². The largest absolute Gasteiger partial charge is 0.337 e. The van der Waals surface area contributed by atoms with E-state index in [0.29, 0.717) is 56.8 Å². The third-order valence-corrected chi connectivity index (χ3v) is 7.86. The van der Waals surface area contributed by atoms with E-state index in [-0.39, 0.29) is 35.7 Å². The molecule has 1 atom stereocenters. The number of hydrogen-bond donors (Lipinski definition) is 2. The molecule has 6 rings (SSSR count). The monoisotopic (exact) mass is 592 g/mol. The molecule has 2 aliphatic heterocycles. The Morgan fingerprint density at radius 2 is 1.85 bits per heavy atom. The van der Waals surface area contributed by atoms with Crippen molar-refractivity contribution in [3.63, 3.8) is 0 Å². The van der Waals surface area contributed by atoms with E-state index < -0.39 is 11.6 Å². The highest BCUT2D eigenvalue weighted by atomic mass is 35.5. The molecule has 1 aromatic heterocycles. The minimum atomic E-state index is -0.724. The molecule has 3 heterocycles. The van der Waals surface area contributed by atoms with Gasteiger partial charge in [0.1, 0.15) is 11.6 Å². The van der Waals surface area contributed by atoms with Gasteiger partial charge in [0.2, 0.25) is 5.95 Å². The predicted molar refractivity (Wildman–Crippen MR) is 156 cm³/mol. The number of nitrogens with zero attached hydrogens (tertiary/aromatic N) is 4. The van der Waals surface area contributed by atoms with E-state index in [1.165, 1.54) is 18.2 Å². The average Bonchev–Trinajstić information content (AvgIpc) is 3.39. The summed E-state index contributed by atoms with van der Waals surface area (Å²) in [5.41, 5.74) is 3.16. The number of anilines is 2. The molecule has 11 heteroatoms. The molecule has 7 nitrogen and oxygen atoms in total. The molecule has 0 saturated carbocycles. The zero-order valence-corrected chi connectivity index (χ0v) is 23.4. The summed E-state index contributed by atoms with van der Waals surface area (Å²) in [5.74, 6) is -1.33. The second-order valence-corrected chi connectivity index (χ2v) is 10.7. The van der Waals surface area contributed by atoms with Crippen LogP contribution in [-0.4, -0.2) is 52.7 Å². The maximum absolute atomic E-state index is 14.8. The first-order chi connectivity index (χ1) is 19.8. The van der Waals surface area contributed by atoms with E-state index >= 15 is 0 Å². The Hall–Kier alpha value is -3.92. The maximum atomic E-state index is 14.8. The van der Waals surface area contributed by atoms with Crippen molar-refractivity contribution >= 4 is 46.5 Å². The summed E-state index contributed by atoms with van der Waals surface area (Å²) in [7, 11) is 1.88. The van der Waals surface area contributed by atoms with Crippen LogP contribution in [0.5, 0.6) is 0 Å². The summed E-state index contributed by atoms with van der Waals surface area (Å²) in [6.07, 6.45) is 2.50. The Morgan fingerprint density at radius 1 is 1.05 bits per heavy atom. The van der Waals surface area contributed by atoms with Crippen LogP contribution in [0.15, 0.2) is 65.8 Å². The second-order valence-electron chi connectivity index (χ2n) is 9.86. The van der Waals surface area contributed by atoms with Crippen LogP contribution in [0.4, 0.5) is 20.4 Å². The Balaban J connectivity index is 1.35. The minimum Gasteiger partial charge on any atom is -0.337 e. The number of rotatable bonds is 5. The topological polar surface area (TPSA) is 82.5 Å². The first kappa shape index (κ1) is 27.3. The van der Waals surface area contributed by atoms with Crippen LogP contribution in [-0.2, 0) is 6.54 Å². The Morgan fingerprint density at radius 3 is 2.61 bits per heavy atom. The highest BCUT2D eigenvalue weighted by Crippen LogP contribution is 2.35. The van der Waals surface area contributed by atoms with Crippen LogP contribution in [0.3, 0.4) is 0 Å². The molecular formula is C30H24Cl2F2N6O. The number of carbonyl (C=O) groups excluding carboxylic acids is 1. The first-order valence-corrected chi connectivity index (χ1v) is 13.8. The number of aliphatic imine (C=N–C) groups is 1. The van der Waals surface area contributed by atoms with Crippen LogP contribution in [0, 0.1) is 11.6 Å². The van der Waals surface area contributed by atoms with Crippen LogP contribution in [0.2, 0.25) is 10.0 Å². The van der Waals surface area contributed by atoms with Crippen molar-refractivity contribution in [3.05, 3.63) is 105 Å². The lowest BCUT2D eigenvalue weighted by atomic mass is 9.95. The van der Waals surface area contributed by atoms with Gasteiger partial charge in [0.25, 0.3) is 5.91 Å². The zero-order chi connectivity index (χ0) is 28.7. The molecule has 0 radical (unpaired) electrons. The van der Waals surface area contributed by atoms with Crippen LogP contribution in [0.1, 0.15) is 33.5 Å². The average molecular weight is 593 g/mol. The SMILES string of the molecule is CNC1CCN(C(=O)c2cc(Nc3ncc4c(n3)-c3ccc(Cl)cc3C(c3c(F)cccc3F)=NC4)ccc2Cl)C1. The van der Waals surface area contributed by atoms with Gasteiger partial charge in [0.15, 0.2) is 0 Å². The fraction of sp³-hybridized carbons (Fsp3) is 0.200. The van der Waals surface area contributed by atoms with Crippen molar-refractivity contribution in [3.8, 4) is 11.3 Å². The molecule has 3 aromatic carbocycles.